The van der Waals surface area contributed by atoms with Crippen molar-refractivity contribution in [3.8, 4) is 11.5 Å². The number of halogens is 1. The molecule has 9 nitrogen and oxygen atoms in total. The van der Waals surface area contributed by atoms with Crippen LogP contribution >= 0.6 is 11.6 Å². The van der Waals surface area contributed by atoms with Crippen molar-refractivity contribution in [3.05, 3.63) is 73.9 Å². The quantitative estimate of drug-likeness (QED) is 0.233. The van der Waals surface area contributed by atoms with E-state index in [-0.39, 0.29) is 48.0 Å². The number of rotatable bonds is 5. The van der Waals surface area contributed by atoms with Crippen LogP contribution in [0.4, 0.5) is 5.69 Å². The zero-order chi connectivity index (χ0) is 28.0. The Balaban J connectivity index is 1.46. The Hall–Kier alpha value is -3.72. The maximum Gasteiger partial charge on any atom is 0.315 e. The number of carbonyl (C=O) groups excluding carboxylic acids is 2. The van der Waals surface area contributed by atoms with Crippen LogP contribution in [0.25, 0.3) is 0 Å². The standard InChI is InChI=1S/C30H29ClN2O7/c1-16-27(30(35)40-20-5-3-2-4-6-20)28(21-13-25-26(39-15-38-25)14-23(21)33(36)37)29-22(32-16)11-18(12-24(29)34)17-7-9-19(31)10-8-17/h7-10,13-14,18,20,27-28H,2-6,11-12,15H2,1H3/t18-,27?,28-/m0/s1. The lowest BCUT2D eigenvalue weighted by molar-refractivity contribution is -0.385. The summed E-state index contributed by atoms with van der Waals surface area (Å²) in [7, 11) is 0. The molecule has 2 heterocycles. The molecule has 0 bridgehead atoms. The molecule has 1 unspecified atom stereocenters. The lowest BCUT2D eigenvalue weighted by Crippen LogP contribution is -2.39. The van der Waals surface area contributed by atoms with Gasteiger partial charge in [0.2, 0.25) is 6.79 Å². The van der Waals surface area contributed by atoms with Gasteiger partial charge in [-0.1, -0.05) is 30.2 Å². The number of esters is 1. The van der Waals surface area contributed by atoms with Gasteiger partial charge in [-0.25, -0.2) is 0 Å². The Kier molecular flexibility index (Phi) is 7.08. The van der Waals surface area contributed by atoms with Crippen LogP contribution in [0, 0.1) is 16.0 Å². The third-order valence-corrected chi connectivity index (χ3v) is 8.62. The first kappa shape index (κ1) is 26.5. The number of allylic oxidation sites excluding steroid dienone is 2. The number of hydrogen-bond acceptors (Lipinski definition) is 8. The minimum Gasteiger partial charge on any atom is -0.462 e. The van der Waals surface area contributed by atoms with Crippen LogP contribution in [-0.4, -0.2) is 35.3 Å². The van der Waals surface area contributed by atoms with Crippen molar-refractivity contribution in [2.45, 2.75) is 69.8 Å². The number of nitro benzene ring substituents is 1. The number of ether oxygens (including phenoxy) is 3. The maximum atomic E-state index is 13.9. The van der Waals surface area contributed by atoms with Gasteiger partial charge in [0, 0.05) is 39.9 Å². The molecule has 208 valence electrons. The van der Waals surface area contributed by atoms with Crippen molar-refractivity contribution >= 4 is 34.8 Å². The highest BCUT2D eigenvalue weighted by molar-refractivity contribution is 6.30. The summed E-state index contributed by atoms with van der Waals surface area (Å²) in [6, 6.07) is 10.2. The largest absolute Gasteiger partial charge is 0.462 e. The van der Waals surface area contributed by atoms with E-state index in [2.05, 4.69) is 0 Å². The maximum absolute atomic E-state index is 13.9. The van der Waals surface area contributed by atoms with E-state index in [1.165, 1.54) is 12.1 Å². The number of hydrogen-bond donors (Lipinski definition) is 0. The van der Waals surface area contributed by atoms with Gasteiger partial charge in [0.1, 0.15) is 12.0 Å². The number of carbonyl (C=O) groups is 2. The number of nitro groups is 1. The van der Waals surface area contributed by atoms with E-state index in [4.69, 9.17) is 30.8 Å². The van der Waals surface area contributed by atoms with E-state index in [1.54, 1.807) is 19.1 Å². The van der Waals surface area contributed by atoms with E-state index in [9.17, 15) is 19.7 Å². The Morgan fingerprint density at radius 3 is 2.48 bits per heavy atom. The normalized spacial score (nSPS) is 24.4. The first-order valence-corrected chi connectivity index (χ1v) is 14.0. The minimum absolute atomic E-state index is 0.0656. The number of benzene rings is 2. The van der Waals surface area contributed by atoms with E-state index in [0.29, 0.717) is 34.2 Å². The molecule has 0 saturated heterocycles. The molecule has 0 N–H and O–H groups in total. The van der Waals surface area contributed by atoms with Gasteiger partial charge in [-0.05, 0) is 68.7 Å². The van der Waals surface area contributed by atoms with Gasteiger partial charge in [0.15, 0.2) is 17.3 Å². The minimum atomic E-state index is -0.976. The average Bonchev–Trinajstić information content (AvgIpc) is 3.40. The summed E-state index contributed by atoms with van der Waals surface area (Å²) in [5.74, 6) is -2.14. The summed E-state index contributed by atoms with van der Waals surface area (Å²) < 4.78 is 16.9. The molecule has 40 heavy (non-hydrogen) atoms. The smallest absolute Gasteiger partial charge is 0.315 e. The van der Waals surface area contributed by atoms with Crippen molar-refractivity contribution < 1.29 is 28.7 Å². The third-order valence-electron chi connectivity index (χ3n) is 8.37. The Labute approximate surface area is 236 Å². The molecule has 10 heteroatoms. The fourth-order valence-corrected chi connectivity index (χ4v) is 6.57. The van der Waals surface area contributed by atoms with Gasteiger partial charge in [-0.3, -0.25) is 24.7 Å². The molecule has 2 aliphatic heterocycles. The molecule has 2 aromatic rings. The summed E-state index contributed by atoms with van der Waals surface area (Å²) in [6.45, 7) is 1.67. The van der Waals surface area contributed by atoms with Crippen LogP contribution in [0.3, 0.4) is 0 Å². The summed E-state index contributed by atoms with van der Waals surface area (Å²) in [5.41, 5.74) is 2.30. The van der Waals surface area contributed by atoms with Crippen molar-refractivity contribution in [2.24, 2.45) is 10.9 Å². The van der Waals surface area contributed by atoms with Crippen LogP contribution in [0.2, 0.25) is 5.02 Å². The highest BCUT2D eigenvalue weighted by Gasteiger charge is 2.48. The fraction of sp³-hybridized carbons (Fsp3) is 0.433. The first-order valence-electron chi connectivity index (χ1n) is 13.7. The number of nitrogens with zero attached hydrogens (tertiary/aromatic N) is 2. The van der Waals surface area contributed by atoms with Crippen LogP contribution in [0.5, 0.6) is 11.5 Å². The van der Waals surface area contributed by atoms with E-state index in [1.807, 2.05) is 12.1 Å². The van der Waals surface area contributed by atoms with E-state index >= 15 is 0 Å². The highest BCUT2D eigenvalue weighted by atomic mass is 35.5. The molecule has 1 fully saturated rings. The van der Waals surface area contributed by atoms with Gasteiger partial charge in [0.05, 0.1) is 11.0 Å². The Morgan fingerprint density at radius 1 is 1.07 bits per heavy atom. The number of fused-ring (bicyclic) bond motifs is 1. The van der Waals surface area contributed by atoms with Gasteiger partial charge >= 0.3 is 5.97 Å². The molecule has 2 aliphatic carbocycles. The molecule has 3 atom stereocenters. The summed E-state index contributed by atoms with van der Waals surface area (Å²) in [5, 5.41) is 12.9. The van der Waals surface area contributed by atoms with Crippen LogP contribution in [0.15, 0.2) is 52.7 Å². The van der Waals surface area contributed by atoms with Gasteiger partial charge in [-0.15, -0.1) is 0 Å². The molecular weight excluding hydrogens is 536 g/mol. The molecule has 0 spiro atoms. The summed E-state index contributed by atoms with van der Waals surface area (Å²) in [6.07, 6.45) is 5.04. The van der Waals surface area contributed by atoms with Gasteiger partial charge < -0.3 is 14.2 Å². The summed E-state index contributed by atoms with van der Waals surface area (Å²) in [4.78, 5) is 44.3. The van der Waals surface area contributed by atoms with E-state index in [0.717, 1.165) is 37.7 Å². The number of Topliss-reactive ketones (excluding diaryl/α,β-unsaturated/α-hetero) is 1. The van der Waals surface area contributed by atoms with Crippen LogP contribution < -0.4 is 9.47 Å². The van der Waals surface area contributed by atoms with Crippen molar-refractivity contribution in [2.75, 3.05) is 6.79 Å². The Morgan fingerprint density at radius 2 is 1.77 bits per heavy atom. The predicted octanol–water partition coefficient (Wildman–Crippen LogP) is 6.43. The third kappa shape index (κ3) is 4.87. The lowest BCUT2D eigenvalue weighted by Gasteiger charge is -2.37. The van der Waals surface area contributed by atoms with Crippen LogP contribution in [-0.2, 0) is 14.3 Å². The summed E-state index contributed by atoms with van der Waals surface area (Å²) >= 11 is 6.08. The molecule has 2 aromatic carbocycles. The second-order valence-electron chi connectivity index (χ2n) is 10.9. The number of aliphatic imine (C=N–C) groups is 1. The first-order chi connectivity index (χ1) is 19.3. The molecule has 6 rings (SSSR count). The lowest BCUT2D eigenvalue weighted by atomic mass is 9.69. The zero-order valence-corrected chi connectivity index (χ0v) is 22.8. The predicted molar refractivity (Wildman–Crippen MR) is 147 cm³/mol. The second kappa shape index (κ2) is 10.7. The van der Waals surface area contributed by atoms with Crippen molar-refractivity contribution in [1.29, 1.82) is 0 Å². The molecule has 0 radical (unpaired) electrons. The molecule has 1 saturated carbocycles. The topological polar surface area (TPSA) is 117 Å². The highest BCUT2D eigenvalue weighted by Crippen LogP contribution is 2.51. The average molecular weight is 565 g/mol. The Bertz CT molecular complexity index is 1440. The van der Waals surface area contributed by atoms with Gasteiger partial charge in [0.25, 0.3) is 5.69 Å². The van der Waals surface area contributed by atoms with E-state index < -0.39 is 22.7 Å². The van der Waals surface area contributed by atoms with Crippen molar-refractivity contribution in [1.82, 2.24) is 0 Å². The van der Waals surface area contributed by atoms with Gasteiger partial charge in [-0.2, -0.15) is 0 Å². The molecule has 0 amide bonds. The SMILES string of the molecule is CC1=NC2=C(C(=O)C[C@@H](c3ccc(Cl)cc3)C2)[C@@H](c2cc3c(cc2[N+](=O)[O-])OCO3)C1C(=O)OC1CCCCC1. The van der Waals surface area contributed by atoms with Crippen molar-refractivity contribution in [3.63, 3.8) is 0 Å². The second-order valence-corrected chi connectivity index (χ2v) is 11.3. The number of ketones is 1. The molecular formula is C30H29ClN2O7. The molecule has 0 aromatic heterocycles. The zero-order valence-electron chi connectivity index (χ0n) is 22.1. The molecule has 4 aliphatic rings. The fourth-order valence-electron chi connectivity index (χ4n) is 6.45. The van der Waals surface area contributed by atoms with Crippen LogP contribution in [0.1, 0.15) is 74.8 Å². The monoisotopic (exact) mass is 564 g/mol.